The number of aromatic amines is 1. The molecule has 0 aliphatic carbocycles. The van der Waals surface area contributed by atoms with Crippen molar-refractivity contribution >= 4 is 39.1 Å². The number of ether oxygens (including phenoxy) is 1. The molecule has 0 bridgehead atoms. The summed E-state index contributed by atoms with van der Waals surface area (Å²) in [4.78, 5) is 31.2. The zero-order valence-electron chi connectivity index (χ0n) is 18.5. The van der Waals surface area contributed by atoms with E-state index in [-0.39, 0.29) is 24.5 Å². The highest BCUT2D eigenvalue weighted by atomic mass is 16.5. The Labute approximate surface area is 191 Å². The molecule has 0 saturated carbocycles. The molecule has 1 aromatic heterocycles. The molecule has 166 valence electrons. The van der Waals surface area contributed by atoms with Crippen molar-refractivity contribution in [2.75, 3.05) is 20.3 Å². The summed E-state index contributed by atoms with van der Waals surface area (Å²) >= 11 is 0. The number of benzene rings is 3. The molecule has 1 aliphatic rings. The SMILES string of the molecule is COCCN1C(=O)C(=O)/C(=C(/O)c2ccc3ccccc3c2)C1c1c(C)[nH]c2ccccc12. The second-order valence-electron chi connectivity index (χ2n) is 8.26. The Morgan fingerprint density at radius 2 is 1.76 bits per heavy atom. The third-order valence-corrected chi connectivity index (χ3v) is 6.32. The van der Waals surface area contributed by atoms with E-state index < -0.39 is 17.7 Å². The van der Waals surface area contributed by atoms with E-state index in [0.717, 1.165) is 32.9 Å². The number of hydrogen-bond donors (Lipinski definition) is 2. The van der Waals surface area contributed by atoms with Crippen molar-refractivity contribution in [2.24, 2.45) is 0 Å². The van der Waals surface area contributed by atoms with Crippen LogP contribution in [0.25, 0.3) is 27.4 Å². The normalized spacial score (nSPS) is 18.0. The summed E-state index contributed by atoms with van der Waals surface area (Å²) in [5, 5.41) is 14.3. The van der Waals surface area contributed by atoms with Crippen LogP contribution in [-0.4, -0.2) is 46.9 Å². The zero-order chi connectivity index (χ0) is 23.1. The number of aromatic nitrogens is 1. The molecule has 2 heterocycles. The maximum Gasteiger partial charge on any atom is 0.295 e. The minimum Gasteiger partial charge on any atom is -0.507 e. The average molecular weight is 440 g/mol. The van der Waals surface area contributed by atoms with Crippen molar-refractivity contribution in [1.82, 2.24) is 9.88 Å². The molecular formula is C27H24N2O4. The smallest absolute Gasteiger partial charge is 0.295 e. The molecule has 0 radical (unpaired) electrons. The van der Waals surface area contributed by atoms with Gasteiger partial charge in [0, 0.05) is 41.4 Å². The van der Waals surface area contributed by atoms with Gasteiger partial charge in [-0.2, -0.15) is 0 Å². The number of Topliss-reactive ketones (excluding diaryl/α,β-unsaturated/α-hetero) is 1. The van der Waals surface area contributed by atoms with Crippen molar-refractivity contribution in [1.29, 1.82) is 0 Å². The van der Waals surface area contributed by atoms with Crippen molar-refractivity contribution in [2.45, 2.75) is 13.0 Å². The maximum absolute atomic E-state index is 13.3. The second-order valence-corrected chi connectivity index (χ2v) is 8.26. The molecule has 1 fully saturated rings. The lowest BCUT2D eigenvalue weighted by atomic mass is 9.93. The Morgan fingerprint density at radius 3 is 2.55 bits per heavy atom. The van der Waals surface area contributed by atoms with Crippen molar-refractivity contribution in [3.05, 3.63) is 89.1 Å². The van der Waals surface area contributed by atoms with E-state index in [1.54, 1.807) is 13.2 Å². The number of aliphatic hydroxyl groups excluding tert-OH is 1. The monoisotopic (exact) mass is 440 g/mol. The first kappa shape index (κ1) is 21.0. The number of likely N-dealkylation sites (tertiary alicyclic amines) is 1. The number of carbonyl (C=O) groups excluding carboxylic acids is 2. The number of nitrogens with zero attached hydrogens (tertiary/aromatic N) is 1. The van der Waals surface area contributed by atoms with Gasteiger partial charge in [-0.05, 0) is 29.8 Å². The highest BCUT2D eigenvalue weighted by molar-refractivity contribution is 6.46. The number of nitrogens with one attached hydrogen (secondary N) is 1. The summed E-state index contributed by atoms with van der Waals surface area (Å²) in [6, 6.07) is 20.4. The molecule has 5 rings (SSSR count). The summed E-state index contributed by atoms with van der Waals surface area (Å²) in [5.74, 6) is -1.50. The Kier molecular flexibility index (Phi) is 5.23. The van der Waals surface area contributed by atoms with Crippen LogP contribution in [0, 0.1) is 6.92 Å². The van der Waals surface area contributed by atoms with E-state index in [1.165, 1.54) is 4.90 Å². The van der Waals surface area contributed by atoms with Crippen LogP contribution in [0.2, 0.25) is 0 Å². The van der Waals surface area contributed by atoms with E-state index in [4.69, 9.17) is 4.74 Å². The van der Waals surface area contributed by atoms with Gasteiger partial charge in [0.05, 0.1) is 18.2 Å². The van der Waals surface area contributed by atoms with Crippen LogP contribution in [0.5, 0.6) is 0 Å². The molecule has 1 unspecified atom stereocenters. The van der Waals surface area contributed by atoms with Gasteiger partial charge in [0.1, 0.15) is 5.76 Å². The van der Waals surface area contributed by atoms with Gasteiger partial charge in [-0.3, -0.25) is 9.59 Å². The summed E-state index contributed by atoms with van der Waals surface area (Å²) < 4.78 is 5.21. The van der Waals surface area contributed by atoms with Crippen molar-refractivity contribution in [3.63, 3.8) is 0 Å². The zero-order valence-corrected chi connectivity index (χ0v) is 18.5. The topological polar surface area (TPSA) is 82.6 Å². The number of carbonyl (C=O) groups is 2. The van der Waals surface area contributed by atoms with Gasteiger partial charge < -0.3 is 19.7 Å². The Bertz CT molecular complexity index is 1430. The highest BCUT2D eigenvalue weighted by Crippen LogP contribution is 2.43. The van der Waals surface area contributed by atoms with Gasteiger partial charge in [0.25, 0.3) is 11.7 Å². The van der Waals surface area contributed by atoms with Crippen LogP contribution < -0.4 is 0 Å². The van der Waals surface area contributed by atoms with Crippen molar-refractivity contribution < 1.29 is 19.4 Å². The number of hydrogen-bond acceptors (Lipinski definition) is 4. The van der Waals surface area contributed by atoms with Gasteiger partial charge in [-0.1, -0.05) is 54.6 Å². The second kappa shape index (κ2) is 8.22. The lowest BCUT2D eigenvalue weighted by molar-refractivity contribution is -0.140. The molecule has 2 N–H and O–H groups in total. The number of para-hydroxylation sites is 1. The first-order valence-electron chi connectivity index (χ1n) is 10.8. The summed E-state index contributed by atoms with van der Waals surface area (Å²) in [6.45, 7) is 2.43. The molecule has 6 heteroatoms. The average Bonchev–Trinajstić information content (AvgIpc) is 3.29. The molecule has 1 amide bonds. The number of amides is 1. The largest absolute Gasteiger partial charge is 0.507 e. The molecule has 4 aromatic rings. The number of rotatable bonds is 5. The third kappa shape index (κ3) is 3.39. The summed E-state index contributed by atoms with van der Waals surface area (Å²) in [5.41, 5.74) is 3.16. The summed E-state index contributed by atoms with van der Waals surface area (Å²) in [6.07, 6.45) is 0. The number of H-pyrrole nitrogens is 1. The highest BCUT2D eigenvalue weighted by Gasteiger charge is 2.47. The number of aliphatic hydroxyl groups is 1. The first-order chi connectivity index (χ1) is 16.0. The van der Waals surface area contributed by atoms with E-state index in [0.29, 0.717) is 5.56 Å². The molecule has 1 saturated heterocycles. The van der Waals surface area contributed by atoms with Gasteiger partial charge in [0.2, 0.25) is 0 Å². The third-order valence-electron chi connectivity index (χ3n) is 6.32. The summed E-state index contributed by atoms with van der Waals surface area (Å²) in [7, 11) is 1.55. The number of methoxy groups -OCH3 is 1. The molecular weight excluding hydrogens is 416 g/mol. The number of fused-ring (bicyclic) bond motifs is 2. The molecule has 3 aromatic carbocycles. The van der Waals surface area contributed by atoms with Gasteiger partial charge in [-0.15, -0.1) is 0 Å². The van der Waals surface area contributed by atoms with Crippen LogP contribution in [0.4, 0.5) is 0 Å². The Hall–Kier alpha value is -3.90. The Morgan fingerprint density at radius 1 is 1.03 bits per heavy atom. The lowest BCUT2D eigenvalue weighted by Crippen LogP contribution is -2.32. The van der Waals surface area contributed by atoms with Gasteiger partial charge in [0.15, 0.2) is 0 Å². The maximum atomic E-state index is 13.3. The van der Waals surface area contributed by atoms with E-state index in [9.17, 15) is 14.7 Å². The Balaban J connectivity index is 1.74. The van der Waals surface area contributed by atoms with Crippen LogP contribution in [0.1, 0.15) is 22.9 Å². The molecule has 6 nitrogen and oxygen atoms in total. The number of aryl methyl sites for hydroxylation is 1. The fraction of sp³-hybridized carbons (Fsp3) is 0.185. The molecule has 1 atom stereocenters. The van der Waals surface area contributed by atoms with E-state index >= 15 is 0 Å². The minimum absolute atomic E-state index is 0.0965. The van der Waals surface area contributed by atoms with Crippen LogP contribution >= 0.6 is 0 Å². The lowest BCUT2D eigenvalue weighted by Gasteiger charge is -2.25. The fourth-order valence-corrected chi connectivity index (χ4v) is 4.74. The number of ketones is 1. The van der Waals surface area contributed by atoms with Crippen molar-refractivity contribution in [3.8, 4) is 0 Å². The standard InChI is InChI=1S/C27H24N2O4/c1-16-22(20-9-5-6-10-21(20)28-16)24-23(26(31)27(32)29(24)13-14-33-2)25(30)19-12-11-17-7-3-4-8-18(17)15-19/h3-12,15,24,28,30H,13-14H2,1-2H3/b25-23+. The van der Waals surface area contributed by atoms with E-state index in [2.05, 4.69) is 4.98 Å². The van der Waals surface area contributed by atoms with Crippen LogP contribution in [-0.2, 0) is 14.3 Å². The minimum atomic E-state index is -0.720. The molecule has 1 aliphatic heterocycles. The fourth-order valence-electron chi connectivity index (χ4n) is 4.74. The van der Waals surface area contributed by atoms with Gasteiger partial charge >= 0.3 is 0 Å². The quantitative estimate of drug-likeness (QED) is 0.268. The molecule has 33 heavy (non-hydrogen) atoms. The van der Waals surface area contributed by atoms with E-state index in [1.807, 2.05) is 67.6 Å². The first-order valence-corrected chi connectivity index (χ1v) is 10.8. The predicted octanol–water partition coefficient (Wildman–Crippen LogP) is 4.70. The molecule has 0 spiro atoms. The van der Waals surface area contributed by atoms with Gasteiger partial charge in [-0.25, -0.2) is 0 Å². The van der Waals surface area contributed by atoms with Crippen LogP contribution in [0.15, 0.2) is 72.3 Å². The predicted molar refractivity (Wildman–Crippen MR) is 128 cm³/mol. The van der Waals surface area contributed by atoms with Crippen LogP contribution in [0.3, 0.4) is 0 Å².